The standard InChI is InChI=1S/C6H13N3O/c1-8(2)6-3-4-9(5-6)7-10/h6H,3-5H2,1-2H3/t6-/m0/s1. The molecule has 0 amide bonds. The highest BCUT2D eigenvalue weighted by atomic mass is 16.3. The van der Waals surface area contributed by atoms with Crippen LogP contribution in [0.4, 0.5) is 0 Å². The molecule has 0 aromatic rings. The highest BCUT2D eigenvalue weighted by Crippen LogP contribution is 2.12. The Balaban J connectivity index is 2.35. The predicted octanol–water partition coefficient (Wildman–Crippen LogP) is 0.304. The molecule has 0 spiro atoms. The zero-order valence-corrected chi connectivity index (χ0v) is 6.45. The molecule has 4 nitrogen and oxygen atoms in total. The van der Waals surface area contributed by atoms with Crippen molar-refractivity contribution in [2.45, 2.75) is 12.5 Å². The van der Waals surface area contributed by atoms with E-state index in [0.717, 1.165) is 19.5 Å². The lowest BCUT2D eigenvalue weighted by Gasteiger charge is -2.17. The second-order valence-electron chi connectivity index (χ2n) is 2.90. The van der Waals surface area contributed by atoms with Crippen LogP contribution in [0.25, 0.3) is 0 Å². The summed E-state index contributed by atoms with van der Waals surface area (Å²) in [4.78, 5) is 12.2. The van der Waals surface area contributed by atoms with Crippen LogP contribution in [0.2, 0.25) is 0 Å². The largest absolute Gasteiger partial charge is 0.305 e. The van der Waals surface area contributed by atoms with E-state index in [1.54, 1.807) is 5.01 Å². The van der Waals surface area contributed by atoms with Crippen molar-refractivity contribution in [3.63, 3.8) is 0 Å². The molecule has 1 saturated heterocycles. The Morgan fingerprint density at radius 1 is 1.60 bits per heavy atom. The second kappa shape index (κ2) is 2.96. The Morgan fingerprint density at radius 3 is 2.60 bits per heavy atom. The Kier molecular flexibility index (Phi) is 2.21. The lowest BCUT2D eigenvalue weighted by atomic mass is 10.2. The molecule has 0 aromatic heterocycles. The third kappa shape index (κ3) is 1.44. The topological polar surface area (TPSA) is 35.9 Å². The molecule has 1 aliphatic rings. The molecule has 0 aliphatic carbocycles. The maximum atomic E-state index is 10.0. The van der Waals surface area contributed by atoms with Gasteiger partial charge >= 0.3 is 0 Å². The molecule has 0 bridgehead atoms. The molecule has 4 heteroatoms. The van der Waals surface area contributed by atoms with Gasteiger partial charge in [-0.25, -0.2) is 0 Å². The van der Waals surface area contributed by atoms with Crippen molar-refractivity contribution < 1.29 is 0 Å². The molecule has 58 valence electrons. The van der Waals surface area contributed by atoms with E-state index in [9.17, 15) is 4.91 Å². The van der Waals surface area contributed by atoms with Crippen LogP contribution in [-0.4, -0.2) is 43.1 Å². The first-order valence-corrected chi connectivity index (χ1v) is 3.48. The fourth-order valence-corrected chi connectivity index (χ4v) is 1.22. The first-order valence-electron chi connectivity index (χ1n) is 3.48. The van der Waals surface area contributed by atoms with Crippen LogP contribution >= 0.6 is 0 Å². The highest BCUT2D eigenvalue weighted by molar-refractivity contribution is 4.78. The summed E-state index contributed by atoms with van der Waals surface area (Å²) in [6.45, 7) is 1.60. The van der Waals surface area contributed by atoms with E-state index in [1.807, 2.05) is 14.1 Å². The molecule has 0 radical (unpaired) electrons. The summed E-state index contributed by atoms with van der Waals surface area (Å²) in [7, 11) is 4.05. The predicted molar refractivity (Wildman–Crippen MR) is 39.5 cm³/mol. The summed E-state index contributed by atoms with van der Waals surface area (Å²) in [6, 6.07) is 0.512. The molecule has 0 unspecified atom stereocenters. The van der Waals surface area contributed by atoms with Gasteiger partial charge in [-0.15, -0.1) is 4.91 Å². The highest BCUT2D eigenvalue weighted by Gasteiger charge is 2.23. The monoisotopic (exact) mass is 143 g/mol. The number of nitroso groups, excluding NO2 is 1. The summed E-state index contributed by atoms with van der Waals surface area (Å²) in [6.07, 6.45) is 1.05. The van der Waals surface area contributed by atoms with Gasteiger partial charge in [0.25, 0.3) is 0 Å². The van der Waals surface area contributed by atoms with Crippen LogP contribution in [-0.2, 0) is 0 Å². The van der Waals surface area contributed by atoms with Crippen molar-refractivity contribution in [1.82, 2.24) is 9.91 Å². The van der Waals surface area contributed by atoms with E-state index in [0.29, 0.717) is 6.04 Å². The number of nitrogens with zero attached hydrogens (tertiary/aromatic N) is 3. The third-order valence-electron chi connectivity index (χ3n) is 1.99. The zero-order valence-electron chi connectivity index (χ0n) is 6.45. The van der Waals surface area contributed by atoms with Crippen molar-refractivity contribution in [2.75, 3.05) is 27.2 Å². The Bertz CT molecular complexity index is 126. The minimum atomic E-state index is 0.512. The molecule has 0 saturated carbocycles. The van der Waals surface area contributed by atoms with E-state index in [4.69, 9.17) is 0 Å². The Hall–Kier alpha value is -0.640. The fourth-order valence-electron chi connectivity index (χ4n) is 1.22. The van der Waals surface area contributed by atoms with E-state index in [1.165, 1.54) is 0 Å². The van der Waals surface area contributed by atoms with Crippen LogP contribution in [0, 0.1) is 4.91 Å². The van der Waals surface area contributed by atoms with Gasteiger partial charge in [0.15, 0.2) is 0 Å². The molecule has 1 fully saturated rings. The van der Waals surface area contributed by atoms with E-state index < -0.39 is 0 Å². The maximum absolute atomic E-state index is 10.0. The molecule has 1 heterocycles. The second-order valence-corrected chi connectivity index (χ2v) is 2.90. The van der Waals surface area contributed by atoms with Crippen molar-refractivity contribution in [3.05, 3.63) is 4.91 Å². The average molecular weight is 143 g/mol. The van der Waals surface area contributed by atoms with Gasteiger partial charge in [0.05, 0.1) is 11.8 Å². The molecule has 1 atom stereocenters. The average Bonchev–Trinajstić information content (AvgIpc) is 2.34. The normalized spacial score (nSPS) is 25.9. The van der Waals surface area contributed by atoms with E-state index in [-0.39, 0.29) is 0 Å². The van der Waals surface area contributed by atoms with Gasteiger partial charge in [-0.05, 0) is 20.5 Å². The van der Waals surface area contributed by atoms with Crippen LogP contribution in [0.15, 0.2) is 5.29 Å². The molecule has 0 N–H and O–H groups in total. The smallest absolute Gasteiger partial charge is 0.0548 e. The van der Waals surface area contributed by atoms with Gasteiger partial charge < -0.3 is 4.90 Å². The first-order chi connectivity index (χ1) is 4.74. The minimum absolute atomic E-state index is 0.512. The fraction of sp³-hybridized carbons (Fsp3) is 1.00. The molecule has 1 rings (SSSR count). The quantitative estimate of drug-likeness (QED) is 0.522. The summed E-state index contributed by atoms with van der Waals surface area (Å²) in [5.41, 5.74) is 0. The van der Waals surface area contributed by atoms with Crippen molar-refractivity contribution in [3.8, 4) is 0 Å². The van der Waals surface area contributed by atoms with Gasteiger partial charge in [-0.2, -0.15) is 0 Å². The van der Waals surface area contributed by atoms with Gasteiger partial charge in [0.1, 0.15) is 0 Å². The number of rotatable bonds is 2. The van der Waals surface area contributed by atoms with Gasteiger partial charge in [0, 0.05) is 12.6 Å². The van der Waals surface area contributed by atoms with Crippen molar-refractivity contribution >= 4 is 0 Å². The van der Waals surface area contributed by atoms with Crippen molar-refractivity contribution in [1.29, 1.82) is 0 Å². The SMILES string of the molecule is CN(C)[C@H]1CCN(N=O)C1. The summed E-state index contributed by atoms with van der Waals surface area (Å²) >= 11 is 0. The van der Waals surface area contributed by atoms with Crippen LogP contribution in [0.5, 0.6) is 0 Å². The molecule has 10 heavy (non-hydrogen) atoms. The van der Waals surface area contributed by atoms with Crippen LogP contribution in [0.3, 0.4) is 0 Å². The lowest BCUT2D eigenvalue weighted by molar-refractivity contribution is 0.273. The zero-order chi connectivity index (χ0) is 7.56. The lowest BCUT2D eigenvalue weighted by Crippen LogP contribution is -2.29. The van der Waals surface area contributed by atoms with Gasteiger partial charge in [-0.1, -0.05) is 0 Å². The van der Waals surface area contributed by atoms with Gasteiger partial charge in [0.2, 0.25) is 0 Å². The minimum Gasteiger partial charge on any atom is -0.305 e. The van der Waals surface area contributed by atoms with Crippen LogP contribution < -0.4 is 0 Å². The van der Waals surface area contributed by atoms with Crippen molar-refractivity contribution in [2.24, 2.45) is 5.29 Å². The molecule has 1 aliphatic heterocycles. The first kappa shape index (κ1) is 7.47. The van der Waals surface area contributed by atoms with Gasteiger partial charge in [-0.3, -0.25) is 5.01 Å². The summed E-state index contributed by atoms with van der Waals surface area (Å²) in [5, 5.41) is 4.45. The summed E-state index contributed by atoms with van der Waals surface area (Å²) in [5.74, 6) is 0. The summed E-state index contributed by atoms with van der Waals surface area (Å²) < 4.78 is 0. The number of hydrogen-bond donors (Lipinski definition) is 0. The van der Waals surface area contributed by atoms with E-state index in [2.05, 4.69) is 10.2 Å². The van der Waals surface area contributed by atoms with Crippen LogP contribution in [0.1, 0.15) is 6.42 Å². The third-order valence-corrected chi connectivity index (χ3v) is 1.99. The maximum Gasteiger partial charge on any atom is 0.0548 e. The number of likely N-dealkylation sites (N-methyl/N-ethyl adjacent to an activating group) is 1. The Morgan fingerprint density at radius 2 is 2.30 bits per heavy atom. The van der Waals surface area contributed by atoms with E-state index >= 15 is 0 Å². The number of hydrogen-bond acceptors (Lipinski definition) is 3. The Labute approximate surface area is 60.7 Å². The molecular formula is C6H13N3O. The molecular weight excluding hydrogens is 130 g/mol. The molecule has 0 aromatic carbocycles.